The molecule has 158 valence electrons. The molecule has 0 radical (unpaired) electrons. The summed E-state index contributed by atoms with van der Waals surface area (Å²) >= 11 is 5.80. The van der Waals surface area contributed by atoms with Crippen LogP contribution in [-0.4, -0.2) is 50.9 Å². The number of nitrogens with zero attached hydrogens (tertiary/aromatic N) is 1. The monoisotopic (exact) mass is 412 g/mol. The maximum Gasteiger partial charge on any atom is 0.519 e. The van der Waals surface area contributed by atoms with Gasteiger partial charge in [-0.1, -0.05) is 11.6 Å². The van der Waals surface area contributed by atoms with E-state index in [1.807, 2.05) is 0 Å². The number of quaternary nitrogens is 1. The van der Waals surface area contributed by atoms with Crippen LogP contribution in [0.3, 0.4) is 0 Å². The highest BCUT2D eigenvalue weighted by Crippen LogP contribution is 2.25. The Morgan fingerprint density at radius 2 is 1.82 bits per heavy atom. The Hall–Kier alpha value is -1.18. The van der Waals surface area contributed by atoms with E-state index in [4.69, 9.17) is 21.1 Å². The van der Waals surface area contributed by atoms with Crippen molar-refractivity contribution in [3.05, 3.63) is 34.5 Å². The number of ether oxygens (including phenoxy) is 2. The molecule has 1 N–H and O–H groups in total. The van der Waals surface area contributed by atoms with Crippen LogP contribution in [0.15, 0.2) is 24.3 Å². The van der Waals surface area contributed by atoms with Gasteiger partial charge in [0.1, 0.15) is 5.75 Å². The largest absolute Gasteiger partial charge is 0.624 e. The Morgan fingerprint density at radius 1 is 1.14 bits per heavy atom. The van der Waals surface area contributed by atoms with Crippen molar-refractivity contribution in [2.24, 2.45) is 5.92 Å². The Kier molecular flexibility index (Phi) is 10.2. The van der Waals surface area contributed by atoms with Gasteiger partial charge in [-0.05, 0) is 89.9 Å². The fourth-order valence-corrected chi connectivity index (χ4v) is 3.60. The van der Waals surface area contributed by atoms with Gasteiger partial charge in [-0.2, -0.15) is 4.79 Å². The number of halogens is 1. The van der Waals surface area contributed by atoms with Gasteiger partial charge in [0.15, 0.2) is 0 Å². The predicted octanol–water partition coefficient (Wildman–Crippen LogP) is 3.53. The molecule has 28 heavy (non-hydrogen) atoms. The van der Waals surface area contributed by atoms with Crippen LogP contribution in [0, 0.1) is 11.1 Å². The number of carbonyl (C=O) groups excluding carboxylic acids is 1. The van der Waals surface area contributed by atoms with E-state index in [9.17, 15) is 10.0 Å². The van der Waals surface area contributed by atoms with Crippen LogP contribution in [0.4, 0.5) is 4.79 Å². The number of unbranched alkanes of at least 4 members (excludes halogenated alkanes) is 2. The molecule has 0 aliphatic heterocycles. The van der Waals surface area contributed by atoms with E-state index >= 15 is 0 Å². The minimum Gasteiger partial charge on any atom is -0.624 e. The topological polar surface area (TPSA) is 66.3 Å². The third-order valence-corrected chi connectivity index (χ3v) is 5.37. The number of hydrogen-bond donors (Lipinski definition) is 1. The predicted molar refractivity (Wildman–Crippen MR) is 111 cm³/mol. The average Bonchev–Trinajstić information content (AvgIpc) is 2.67. The number of carbonyl (C=O) groups is 1. The van der Waals surface area contributed by atoms with Gasteiger partial charge in [-0.25, -0.2) is 0 Å². The van der Waals surface area contributed by atoms with Gasteiger partial charge in [0.05, 0.1) is 12.6 Å². The lowest BCUT2D eigenvalue weighted by atomic mass is 9.87. The van der Waals surface area contributed by atoms with Crippen molar-refractivity contribution >= 4 is 17.7 Å². The first-order chi connectivity index (χ1) is 13.4. The average molecular weight is 413 g/mol. The van der Waals surface area contributed by atoms with Gasteiger partial charge in [0.25, 0.3) is 0 Å². The number of benzene rings is 1. The lowest BCUT2D eigenvalue weighted by Gasteiger charge is -2.30. The molecule has 1 saturated carbocycles. The van der Waals surface area contributed by atoms with Gasteiger partial charge in [0.2, 0.25) is 0 Å². The molecule has 1 aromatic carbocycles. The fraction of sp³-hybridized carbons (Fsp3) is 0.667. The van der Waals surface area contributed by atoms with Crippen LogP contribution < -0.4 is 9.80 Å². The fourth-order valence-electron chi connectivity index (χ4n) is 3.47. The Balaban J connectivity index is 1.58. The first kappa shape index (κ1) is 23.1. The molecule has 0 bridgehead atoms. The molecule has 1 atom stereocenters. The summed E-state index contributed by atoms with van der Waals surface area (Å²) < 4.78 is 11.1. The number of hydroxylamine groups is 2. The normalized spacial score (nSPS) is 20.9. The molecule has 1 aliphatic rings. The molecule has 7 heteroatoms. The second-order valence-electron chi connectivity index (χ2n) is 7.85. The minimum atomic E-state index is -0.793. The number of hydrogen-bond acceptors (Lipinski definition) is 5. The van der Waals surface area contributed by atoms with Crippen LogP contribution >= 0.6 is 11.6 Å². The molecule has 1 aliphatic carbocycles. The molecule has 0 saturated heterocycles. The number of amides is 1. The molecule has 1 fully saturated rings. The quantitative estimate of drug-likeness (QED) is 0.470. The van der Waals surface area contributed by atoms with Gasteiger partial charge < -0.3 is 19.6 Å². The SMILES string of the molecule is CN(C)CCCCCOC1CCC(C[NH+]([O-])C(=O)Oc2ccc(Cl)cc2)CC1. The highest BCUT2D eigenvalue weighted by Gasteiger charge is 2.26. The van der Waals surface area contributed by atoms with Gasteiger partial charge in [-0.3, -0.25) is 5.06 Å². The van der Waals surface area contributed by atoms with E-state index in [-0.39, 0.29) is 12.5 Å². The van der Waals surface area contributed by atoms with Gasteiger partial charge >= 0.3 is 6.09 Å². The second-order valence-corrected chi connectivity index (χ2v) is 8.28. The molecule has 1 aromatic rings. The van der Waals surface area contributed by atoms with Crippen molar-refractivity contribution in [1.82, 2.24) is 4.90 Å². The number of nitrogens with one attached hydrogen (secondary N) is 1. The summed E-state index contributed by atoms with van der Waals surface area (Å²) in [4.78, 5) is 14.2. The van der Waals surface area contributed by atoms with Crippen molar-refractivity contribution in [3.63, 3.8) is 0 Å². The van der Waals surface area contributed by atoms with Crippen LogP contribution in [0.2, 0.25) is 5.02 Å². The lowest BCUT2D eigenvalue weighted by Crippen LogP contribution is -3.11. The molecule has 0 heterocycles. The molecule has 1 amide bonds. The second kappa shape index (κ2) is 12.4. The zero-order chi connectivity index (χ0) is 20.4. The maximum atomic E-state index is 12.1. The first-order valence-corrected chi connectivity index (χ1v) is 10.6. The summed E-state index contributed by atoms with van der Waals surface area (Å²) in [5.41, 5.74) is 0. The van der Waals surface area contributed by atoms with Crippen LogP contribution in [-0.2, 0) is 4.74 Å². The molecular formula is C21H33ClN2O4. The molecule has 6 nitrogen and oxygen atoms in total. The van der Waals surface area contributed by atoms with E-state index in [0.29, 0.717) is 16.9 Å². The van der Waals surface area contributed by atoms with Crippen molar-refractivity contribution in [3.8, 4) is 5.75 Å². The summed E-state index contributed by atoms with van der Waals surface area (Å²) in [5.74, 6) is 0.579. The zero-order valence-electron chi connectivity index (χ0n) is 17.0. The van der Waals surface area contributed by atoms with Gasteiger partial charge in [-0.15, -0.1) is 0 Å². The van der Waals surface area contributed by atoms with Gasteiger partial charge in [0, 0.05) is 17.5 Å². The van der Waals surface area contributed by atoms with Crippen LogP contribution in [0.1, 0.15) is 44.9 Å². The Morgan fingerprint density at radius 3 is 2.46 bits per heavy atom. The van der Waals surface area contributed by atoms with Crippen molar-refractivity contribution in [2.75, 3.05) is 33.8 Å². The zero-order valence-corrected chi connectivity index (χ0v) is 17.7. The first-order valence-electron chi connectivity index (χ1n) is 10.2. The third kappa shape index (κ3) is 8.88. The van der Waals surface area contributed by atoms with E-state index < -0.39 is 11.2 Å². The lowest BCUT2D eigenvalue weighted by molar-refractivity contribution is -0.771. The van der Waals surface area contributed by atoms with E-state index in [1.165, 1.54) is 12.8 Å². The summed E-state index contributed by atoms with van der Waals surface area (Å²) in [5, 5.41) is 12.2. The standard InChI is InChI=1S/C21H33ClN2O4/c1-23(2)14-4-3-5-15-27-19-10-6-17(7-11-19)16-24(26)21(25)28-20-12-8-18(22)9-13-20/h8-9,12-13,17,19,24H,3-7,10-11,14-16H2,1-2H3. The summed E-state index contributed by atoms with van der Waals surface area (Å²) in [6, 6.07) is 6.41. The summed E-state index contributed by atoms with van der Waals surface area (Å²) in [6.07, 6.45) is 6.76. The van der Waals surface area contributed by atoms with E-state index in [2.05, 4.69) is 19.0 Å². The molecule has 1 unspecified atom stereocenters. The smallest absolute Gasteiger partial charge is 0.519 e. The molecule has 2 rings (SSSR count). The maximum absolute atomic E-state index is 12.1. The summed E-state index contributed by atoms with van der Waals surface area (Å²) in [7, 11) is 4.19. The molecule has 0 spiro atoms. The highest BCUT2D eigenvalue weighted by molar-refractivity contribution is 6.30. The Labute approximate surface area is 173 Å². The van der Waals surface area contributed by atoms with Crippen molar-refractivity contribution in [1.29, 1.82) is 0 Å². The van der Waals surface area contributed by atoms with Crippen LogP contribution in [0.5, 0.6) is 5.75 Å². The van der Waals surface area contributed by atoms with E-state index in [1.54, 1.807) is 24.3 Å². The highest BCUT2D eigenvalue weighted by atomic mass is 35.5. The van der Waals surface area contributed by atoms with Crippen LogP contribution in [0.25, 0.3) is 0 Å². The molecular weight excluding hydrogens is 380 g/mol. The third-order valence-electron chi connectivity index (χ3n) is 5.12. The Bertz CT molecular complexity index is 574. The minimum absolute atomic E-state index is 0.241. The number of rotatable bonds is 10. The summed E-state index contributed by atoms with van der Waals surface area (Å²) in [6.45, 7) is 2.19. The van der Waals surface area contributed by atoms with E-state index in [0.717, 1.165) is 45.3 Å². The van der Waals surface area contributed by atoms with Crippen molar-refractivity contribution in [2.45, 2.75) is 51.0 Å². The molecule has 0 aromatic heterocycles. The van der Waals surface area contributed by atoms with Crippen molar-refractivity contribution < 1.29 is 19.3 Å².